The number of aryl methyl sites for hydroxylation is 1. The summed E-state index contributed by atoms with van der Waals surface area (Å²) in [6, 6.07) is 0. The third-order valence-corrected chi connectivity index (χ3v) is 2.97. The van der Waals surface area contributed by atoms with Gasteiger partial charge in [-0.1, -0.05) is 13.8 Å². The van der Waals surface area contributed by atoms with E-state index in [1.54, 1.807) is 0 Å². The quantitative estimate of drug-likeness (QED) is 0.829. The molecule has 14 heavy (non-hydrogen) atoms. The highest BCUT2D eigenvalue weighted by molar-refractivity contribution is 7.98. The average molecular weight is 211 g/mol. The molecule has 0 amide bonds. The van der Waals surface area contributed by atoms with Gasteiger partial charge in [-0.3, -0.25) is 0 Å². The molecular weight excluding hydrogens is 194 g/mol. The molecule has 0 saturated carbocycles. The van der Waals surface area contributed by atoms with Crippen molar-refractivity contribution in [2.75, 3.05) is 11.5 Å². The lowest BCUT2D eigenvalue weighted by molar-refractivity contribution is 0.924. The van der Waals surface area contributed by atoms with Crippen molar-refractivity contribution in [3.8, 4) is 0 Å². The molecule has 1 aromatic rings. The molecule has 1 rings (SSSR count). The van der Waals surface area contributed by atoms with E-state index in [1.807, 2.05) is 18.7 Å². The lowest BCUT2D eigenvalue weighted by Crippen LogP contribution is -2.06. The zero-order valence-electron chi connectivity index (χ0n) is 9.00. The molecule has 0 fully saturated rings. The van der Waals surface area contributed by atoms with Gasteiger partial charge >= 0.3 is 0 Å². The minimum atomic E-state index is 0.628. The molecule has 0 unspecified atom stereocenters. The Morgan fingerprint density at radius 1 is 1.29 bits per heavy atom. The van der Waals surface area contributed by atoms with Crippen LogP contribution in [0.3, 0.4) is 0 Å². The predicted octanol–water partition coefficient (Wildman–Crippen LogP) is 2.18. The first-order valence-corrected chi connectivity index (χ1v) is 6.04. The van der Waals surface area contributed by atoms with E-state index in [-0.39, 0.29) is 0 Å². The van der Waals surface area contributed by atoms with Gasteiger partial charge in [-0.05, 0) is 19.1 Å². The van der Waals surface area contributed by atoms with Crippen molar-refractivity contribution < 1.29 is 0 Å². The summed E-state index contributed by atoms with van der Waals surface area (Å²) >= 11 is 1.81. The van der Waals surface area contributed by atoms with Crippen molar-refractivity contribution in [1.82, 2.24) is 9.97 Å². The van der Waals surface area contributed by atoms with Gasteiger partial charge in [0.05, 0.1) is 5.75 Å². The number of nitrogens with zero attached hydrogens (tertiary/aromatic N) is 2. The number of thioether (sulfide) groups is 1. The zero-order chi connectivity index (χ0) is 10.6. The summed E-state index contributed by atoms with van der Waals surface area (Å²) < 4.78 is 0. The highest BCUT2D eigenvalue weighted by Gasteiger charge is 2.06. The van der Waals surface area contributed by atoms with Crippen LogP contribution in [0.5, 0.6) is 0 Å². The van der Waals surface area contributed by atoms with Gasteiger partial charge in [0.1, 0.15) is 11.6 Å². The van der Waals surface area contributed by atoms with Crippen LogP contribution >= 0.6 is 11.8 Å². The summed E-state index contributed by atoms with van der Waals surface area (Å²) in [5.74, 6) is 3.42. The van der Waals surface area contributed by atoms with Gasteiger partial charge in [-0.15, -0.1) is 0 Å². The van der Waals surface area contributed by atoms with Gasteiger partial charge in [0.15, 0.2) is 0 Å². The lowest BCUT2D eigenvalue weighted by atomic mass is 10.2. The summed E-state index contributed by atoms with van der Waals surface area (Å²) in [6.45, 7) is 6.19. The Bertz CT molecular complexity index is 312. The van der Waals surface area contributed by atoms with Gasteiger partial charge in [-0.2, -0.15) is 11.8 Å². The van der Waals surface area contributed by atoms with Crippen molar-refractivity contribution >= 4 is 17.6 Å². The molecule has 1 heterocycles. The molecular formula is C10H17N3S. The first-order valence-electron chi connectivity index (χ1n) is 4.88. The smallest absolute Gasteiger partial charge is 0.140 e. The highest BCUT2D eigenvalue weighted by atomic mass is 32.2. The van der Waals surface area contributed by atoms with E-state index in [2.05, 4.69) is 23.8 Å². The van der Waals surface area contributed by atoms with Crippen LogP contribution in [0.15, 0.2) is 0 Å². The van der Waals surface area contributed by atoms with Crippen LogP contribution in [0, 0.1) is 6.92 Å². The Labute approximate surface area is 89.5 Å². The van der Waals surface area contributed by atoms with Crippen molar-refractivity contribution in [2.45, 2.75) is 32.9 Å². The van der Waals surface area contributed by atoms with E-state index >= 15 is 0 Å². The van der Waals surface area contributed by atoms with Crippen LogP contribution < -0.4 is 5.73 Å². The topological polar surface area (TPSA) is 51.8 Å². The molecule has 0 atom stereocenters. The van der Waals surface area contributed by atoms with E-state index < -0.39 is 0 Å². The summed E-state index contributed by atoms with van der Waals surface area (Å²) in [5.41, 5.74) is 7.91. The predicted molar refractivity (Wildman–Crippen MR) is 62.4 cm³/mol. The second-order valence-electron chi connectivity index (χ2n) is 3.09. The lowest BCUT2D eigenvalue weighted by Gasteiger charge is -2.07. The van der Waals surface area contributed by atoms with Crippen molar-refractivity contribution in [2.24, 2.45) is 0 Å². The SMILES string of the molecule is CCSCc1nc(N)c(C)c(CC)n1. The minimum Gasteiger partial charge on any atom is -0.383 e. The van der Waals surface area contributed by atoms with Gasteiger partial charge in [0, 0.05) is 11.3 Å². The summed E-state index contributed by atoms with van der Waals surface area (Å²) in [7, 11) is 0. The van der Waals surface area contributed by atoms with Crippen molar-refractivity contribution in [3.63, 3.8) is 0 Å². The molecule has 0 aliphatic rings. The van der Waals surface area contributed by atoms with Crippen LogP contribution in [0.2, 0.25) is 0 Å². The maximum absolute atomic E-state index is 5.81. The number of anilines is 1. The van der Waals surface area contributed by atoms with E-state index in [0.717, 1.165) is 35.0 Å². The van der Waals surface area contributed by atoms with Crippen LogP contribution in [-0.2, 0) is 12.2 Å². The molecule has 0 aliphatic heterocycles. The molecule has 4 heteroatoms. The molecule has 0 spiro atoms. The van der Waals surface area contributed by atoms with Crippen molar-refractivity contribution in [3.05, 3.63) is 17.1 Å². The summed E-state index contributed by atoms with van der Waals surface area (Å²) in [6.07, 6.45) is 0.919. The number of hydrogen-bond acceptors (Lipinski definition) is 4. The van der Waals surface area contributed by atoms with Gasteiger partial charge in [-0.25, -0.2) is 9.97 Å². The third kappa shape index (κ3) is 2.61. The Morgan fingerprint density at radius 2 is 2.00 bits per heavy atom. The number of rotatable bonds is 4. The number of nitrogen functional groups attached to an aromatic ring is 1. The second kappa shape index (κ2) is 5.20. The number of aromatic nitrogens is 2. The maximum atomic E-state index is 5.81. The molecule has 3 nitrogen and oxygen atoms in total. The van der Waals surface area contributed by atoms with E-state index in [0.29, 0.717) is 5.82 Å². The largest absolute Gasteiger partial charge is 0.383 e. The van der Waals surface area contributed by atoms with Crippen molar-refractivity contribution in [1.29, 1.82) is 0 Å². The fraction of sp³-hybridized carbons (Fsp3) is 0.600. The Kier molecular flexibility index (Phi) is 4.20. The fourth-order valence-corrected chi connectivity index (χ4v) is 1.75. The van der Waals surface area contributed by atoms with Gasteiger partial charge < -0.3 is 5.73 Å². The second-order valence-corrected chi connectivity index (χ2v) is 4.36. The fourth-order valence-electron chi connectivity index (χ4n) is 1.24. The van der Waals surface area contributed by atoms with E-state index in [9.17, 15) is 0 Å². The first kappa shape index (κ1) is 11.3. The molecule has 0 bridgehead atoms. The Hall–Kier alpha value is -0.770. The van der Waals surface area contributed by atoms with E-state index in [4.69, 9.17) is 5.73 Å². The van der Waals surface area contributed by atoms with Gasteiger partial charge in [0.2, 0.25) is 0 Å². The third-order valence-electron chi connectivity index (χ3n) is 2.10. The molecule has 0 saturated heterocycles. The standard InChI is InChI=1S/C10H17N3S/c1-4-8-7(3)10(11)13-9(12-8)6-14-5-2/h4-6H2,1-3H3,(H2,11,12,13). The molecule has 2 N–H and O–H groups in total. The molecule has 1 aromatic heterocycles. The normalized spacial score (nSPS) is 10.5. The monoisotopic (exact) mass is 211 g/mol. The maximum Gasteiger partial charge on any atom is 0.140 e. The molecule has 0 aromatic carbocycles. The Balaban J connectivity index is 2.91. The molecule has 0 radical (unpaired) electrons. The number of nitrogens with two attached hydrogens (primary N) is 1. The number of hydrogen-bond donors (Lipinski definition) is 1. The molecule has 78 valence electrons. The van der Waals surface area contributed by atoms with Crippen LogP contribution in [-0.4, -0.2) is 15.7 Å². The van der Waals surface area contributed by atoms with Crippen LogP contribution in [0.25, 0.3) is 0 Å². The van der Waals surface area contributed by atoms with Crippen LogP contribution in [0.1, 0.15) is 30.9 Å². The van der Waals surface area contributed by atoms with Gasteiger partial charge in [0.25, 0.3) is 0 Å². The zero-order valence-corrected chi connectivity index (χ0v) is 9.82. The summed E-state index contributed by atoms with van der Waals surface area (Å²) in [4.78, 5) is 8.74. The minimum absolute atomic E-state index is 0.628. The van der Waals surface area contributed by atoms with Crippen LogP contribution in [0.4, 0.5) is 5.82 Å². The average Bonchev–Trinajstić information content (AvgIpc) is 2.19. The Morgan fingerprint density at radius 3 is 2.57 bits per heavy atom. The molecule has 0 aliphatic carbocycles. The summed E-state index contributed by atoms with van der Waals surface area (Å²) in [5, 5.41) is 0. The van der Waals surface area contributed by atoms with E-state index in [1.165, 1.54) is 0 Å². The first-order chi connectivity index (χ1) is 6.69. The highest BCUT2D eigenvalue weighted by Crippen LogP contribution is 2.15.